The zero-order chi connectivity index (χ0) is 27.3. The van der Waals surface area contributed by atoms with Crippen molar-refractivity contribution in [2.45, 2.75) is 92.1 Å². The molecule has 0 spiro atoms. The van der Waals surface area contributed by atoms with Crippen molar-refractivity contribution in [3.63, 3.8) is 0 Å². The van der Waals surface area contributed by atoms with Crippen LogP contribution in [0.3, 0.4) is 0 Å². The van der Waals surface area contributed by atoms with Gasteiger partial charge in [-0.3, -0.25) is 4.74 Å². The first-order chi connectivity index (χ1) is 16.4. The zero-order valence-corrected chi connectivity index (χ0v) is 24.9. The first-order valence-electron chi connectivity index (χ1n) is 12.8. The van der Waals surface area contributed by atoms with Gasteiger partial charge in [-0.05, 0) is 60.1 Å². The minimum absolute atomic E-state index is 0.254. The van der Waals surface area contributed by atoms with Crippen LogP contribution >= 0.6 is 7.05 Å². The highest BCUT2D eigenvalue weighted by atomic mass is 31.2. The van der Waals surface area contributed by atoms with Crippen LogP contribution in [0.25, 0.3) is 0 Å². The molecule has 3 aromatic carbocycles. The van der Waals surface area contributed by atoms with Crippen molar-refractivity contribution in [2.75, 3.05) is 0 Å². The number of phenols is 2. The molecule has 0 unspecified atom stereocenters. The van der Waals surface area contributed by atoms with E-state index in [-0.39, 0.29) is 22.3 Å². The van der Waals surface area contributed by atoms with Crippen LogP contribution in [0, 0.1) is 13.8 Å². The molecule has 3 aromatic rings. The molecule has 0 aliphatic heterocycles. The van der Waals surface area contributed by atoms with Crippen LogP contribution < -0.4 is 10.6 Å². The van der Waals surface area contributed by atoms with Gasteiger partial charge in [-0.2, -0.15) is 0 Å². The maximum atomic E-state index is 12.0. The van der Waals surface area contributed by atoms with Crippen molar-refractivity contribution in [1.82, 2.24) is 0 Å². The third-order valence-electron chi connectivity index (χ3n) is 6.77. The van der Waals surface area contributed by atoms with Gasteiger partial charge in [0.25, 0.3) is 0 Å². The van der Waals surface area contributed by atoms with E-state index in [0.29, 0.717) is 0 Å². The predicted octanol–water partition coefficient (Wildman–Crippen LogP) is 8.59. The van der Waals surface area contributed by atoms with E-state index in [0.717, 1.165) is 38.6 Å². The molecule has 0 amide bonds. The molecule has 3 rings (SSSR count). The molecule has 0 radical (unpaired) electrons. The number of benzene rings is 3. The lowest BCUT2D eigenvalue weighted by Gasteiger charge is -2.40. The Balaban J connectivity index is 2.70. The van der Waals surface area contributed by atoms with Gasteiger partial charge in [-0.25, -0.2) is 0 Å². The number of nitrogens with zero attached hydrogens (tertiary/aromatic N) is 1. The minimum atomic E-state index is -2.80. The predicted molar refractivity (Wildman–Crippen MR) is 158 cm³/mol. The molecular formula is C32H44NO2P. The number of phenolic OH excluding ortho intramolecular Hbond substituents is 2. The molecule has 0 aliphatic carbocycles. The Morgan fingerprint density at radius 3 is 1.33 bits per heavy atom. The zero-order valence-electron chi connectivity index (χ0n) is 24.0. The molecule has 0 heterocycles. The van der Waals surface area contributed by atoms with Gasteiger partial charge in [0, 0.05) is 33.9 Å². The second-order valence-corrected chi connectivity index (χ2v) is 16.9. The molecule has 0 saturated carbocycles. The van der Waals surface area contributed by atoms with Gasteiger partial charge in [-0.1, -0.05) is 92.6 Å². The molecule has 0 bridgehead atoms. The van der Waals surface area contributed by atoms with Gasteiger partial charge in [0.1, 0.15) is 11.5 Å². The molecule has 194 valence electrons. The van der Waals surface area contributed by atoms with E-state index >= 15 is 0 Å². The summed E-state index contributed by atoms with van der Waals surface area (Å²) in [5.74, 6) is 0.573. The highest BCUT2D eigenvalue weighted by Gasteiger charge is 2.43. The van der Waals surface area contributed by atoms with Gasteiger partial charge >= 0.3 is 0 Å². The van der Waals surface area contributed by atoms with Crippen molar-refractivity contribution >= 4 is 23.4 Å². The molecule has 0 fully saturated rings. The Kier molecular flexibility index (Phi) is 7.34. The van der Waals surface area contributed by atoms with Gasteiger partial charge < -0.3 is 10.2 Å². The summed E-state index contributed by atoms with van der Waals surface area (Å²) < 4.78 is 5.54. The van der Waals surface area contributed by atoms with Crippen molar-refractivity contribution in [3.05, 3.63) is 76.9 Å². The molecule has 0 aromatic heterocycles. The Morgan fingerprint density at radius 1 is 0.611 bits per heavy atom. The summed E-state index contributed by atoms with van der Waals surface area (Å²) in [6, 6.07) is 18.3. The van der Waals surface area contributed by atoms with Crippen LogP contribution in [0.1, 0.15) is 84.6 Å². The van der Waals surface area contributed by atoms with E-state index in [4.69, 9.17) is 4.74 Å². The fourth-order valence-corrected chi connectivity index (χ4v) is 9.27. The van der Waals surface area contributed by atoms with E-state index in [1.54, 1.807) is 0 Å². The van der Waals surface area contributed by atoms with E-state index in [2.05, 4.69) is 100 Å². The van der Waals surface area contributed by atoms with E-state index in [1.807, 2.05) is 30.3 Å². The molecule has 2 N–H and O–H groups in total. The van der Waals surface area contributed by atoms with Crippen molar-refractivity contribution in [1.29, 1.82) is 0 Å². The molecule has 4 heteroatoms. The summed E-state index contributed by atoms with van der Waals surface area (Å²) in [6.45, 7) is 23.5. The van der Waals surface area contributed by atoms with Gasteiger partial charge in [0.15, 0.2) is 0 Å². The molecule has 36 heavy (non-hydrogen) atoms. The van der Waals surface area contributed by atoms with E-state index in [9.17, 15) is 10.2 Å². The Morgan fingerprint density at radius 2 is 1.00 bits per heavy atom. The lowest BCUT2D eigenvalue weighted by atomic mass is 9.85. The Hall–Kier alpha value is -2.51. The fraction of sp³-hybridized carbons (Fsp3) is 0.438. The third-order valence-corrected chi connectivity index (χ3v) is 11.3. The lowest BCUT2D eigenvalue weighted by molar-refractivity contribution is 0.449. The maximum absolute atomic E-state index is 12.0. The summed E-state index contributed by atoms with van der Waals surface area (Å²) in [5.41, 5.74) is 4.29. The van der Waals surface area contributed by atoms with Crippen LogP contribution in [0.4, 0.5) is 5.69 Å². The van der Waals surface area contributed by atoms with Gasteiger partial charge in [-0.15, -0.1) is 0 Å². The summed E-state index contributed by atoms with van der Waals surface area (Å²) in [7, 11) is -2.80. The van der Waals surface area contributed by atoms with Crippen molar-refractivity contribution < 1.29 is 10.2 Å². The summed E-state index contributed by atoms with van der Waals surface area (Å²) in [6.07, 6.45) is 0. The monoisotopic (exact) mass is 505 g/mol. The van der Waals surface area contributed by atoms with Crippen molar-refractivity contribution in [2.24, 2.45) is 4.74 Å². The van der Waals surface area contributed by atoms with Crippen LogP contribution in [0.2, 0.25) is 0 Å². The molecule has 3 nitrogen and oxygen atoms in total. The summed E-state index contributed by atoms with van der Waals surface area (Å²) >= 11 is 0. The lowest BCUT2D eigenvalue weighted by Crippen LogP contribution is -2.33. The van der Waals surface area contributed by atoms with Crippen LogP contribution in [0.5, 0.6) is 11.5 Å². The topological polar surface area (TPSA) is 52.8 Å². The fourth-order valence-electron chi connectivity index (χ4n) is 4.93. The quantitative estimate of drug-likeness (QED) is 0.350. The van der Waals surface area contributed by atoms with Gasteiger partial charge in [0.05, 0.1) is 5.69 Å². The summed E-state index contributed by atoms with van der Waals surface area (Å²) in [4.78, 5) is 0. The Bertz CT molecular complexity index is 1240. The standard InChI is InChI=1S/C32H44NO2P/c1-21-17-24(30(3,4)5)28(34)26(19-21)36(32(9,10)11,33-23-15-13-12-14-16-23)27-20-22(2)18-25(29(27)35)31(6,7)8/h12-20,34-35H,1-11H3. The van der Waals surface area contributed by atoms with E-state index in [1.165, 1.54) is 0 Å². The van der Waals surface area contributed by atoms with E-state index < -0.39 is 12.2 Å². The number of aryl methyl sites for hydroxylation is 2. The minimum Gasteiger partial charge on any atom is -0.507 e. The molecular weight excluding hydrogens is 461 g/mol. The van der Waals surface area contributed by atoms with Gasteiger partial charge in [0.2, 0.25) is 0 Å². The summed E-state index contributed by atoms with van der Waals surface area (Å²) in [5, 5.41) is 25.2. The number of rotatable bonds is 3. The first-order valence-corrected chi connectivity index (χ1v) is 14.5. The van der Waals surface area contributed by atoms with Crippen LogP contribution in [-0.4, -0.2) is 15.4 Å². The smallest absolute Gasteiger partial charge is 0.128 e. The second kappa shape index (κ2) is 9.42. The van der Waals surface area contributed by atoms with Crippen LogP contribution in [0.15, 0.2) is 59.3 Å². The first kappa shape index (κ1) is 28.1. The van der Waals surface area contributed by atoms with Crippen molar-refractivity contribution in [3.8, 4) is 11.5 Å². The normalized spacial score (nSPS) is 13.1. The van der Waals surface area contributed by atoms with Crippen LogP contribution in [-0.2, 0) is 10.8 Å². The second-order valence-electron chi connectivity index (χ2n) is 13.1. The third kappa shape index (κ3) is 5.14. The average Bonchev–Trinajstić information content (AvgIpc) is 2.73. The molecule has 0 aliphatic rings. The SMILES string of the molecule is Cc1cc(C(C)(C)C)c(O)c(P(=Nc2ccccc2)(c2cc(C)cc(C(C)(C)C)c2O)C(C)(C)C)c1. The average molecular weight is 506 g/mol. The highest BCUT2D eigenvalue weighted by molar-refractivity contribution is 7.82. The number of hydrogen-bond acceptors (Lipinski definition) is 3. The largest absolute Gasteiger partial charge is 0.507 e. The Labute approximate surface area is 218 Å². The molecule has 0 saturated heterocycles. The maximum Gasteiger partial charge on any atom is 0.128 e. The molecule has 0 atom stereocenters. The number of hydrogen-bond donors (Lipinski definition) is 2. The number of aromatic hydroxyl groups is 2. The highest BCUT2D eigenvalue weighted by Crippen LogP contribution is 2.64.